The molecule has 7 heteroatoms. The van der Waals surface area contributed by atoms with Crippen LogP contribution in [0.1, 0.15) is 22.8 Å². The topological polar surface area (TPSA) is 20.2 Å². The van der Waals surface area contributed by atoms with Gasteiger partial charge in [0.2, 0.25) is 0 Å². The van der Waals surface area contributed by atoms with Gasteiger partial charge in [0.1, 0.15) is 11.9 Å². The van der Waals surface area contributed by atoms with E-state index in [0.717, 1.165) is 18.2 Å². The van der Waals surface area contributed by atoms with Crippen molar-refractivity contribution in [3.05, 3.63) is 70.5 Å². The first-order chi connectivity index (χ1) is 9.71. The molecule has 0 bridgehead atoms. The van der Waals surface area contributed by atoms with Crippen LogP contribution in [0.3, 0.4) is 0 Å². The molecule has 112 valence electrons. The van der Waals surface area contributed by atoms with E-state index in [9.17, 15) is 31.4 Å². The molecule has 2 rings (SSSR count). The highest BCUT2D eigenvalue weighted by Gasteiger charge is 2.36. The second-order valence-electron chi connectivity index (χ2n) is 4.27. The van der Waals surface area contributed by atoms with Gasteiger partial charge in [-0.2, -0.15) is 13.2 Å². The Morgan fingerprint density at radius 3 is 2.19 bits per heavy atom. The van der Waals surface area contributed by atoms with Crippen molar-refractivity contribution in [3.8, 4) is 0 Å². The van der Waals surface area contributed by atoms with Crippen molar-refractivity contribution >= 4 is 0 Å². The predicted octanol–water partition coefficient (Wildman–Crippen LogP) is 4.20. The van der Waals surface area contributed by atoms with E-state index in [1.807, 2.05) is 0 Å². The zero-order valence-corrected chi connectivity index (χ0v) is 10.3. The van der Waals surface area contributed by atoms with Crippen molar-refractivity contribution in [1.29, 1.82) is 0 Å². The maximum atomic E-state index is 13.6. The molecule has 21 heavy (non-hydrogen) atoms. The largest absolute Gasteiger partial charge is 0.416 e. The Balaban J connectivity index is 2.59. The molecule has 1 N–H and O–H groups in total. The Hall–Kier alpha value is -2.02. The molecule has 1 nitrogen and oxygen atoms in total. The van der Waals surface area contributed by atoms with E-state index in [0.29, 0.717) is 12.1 Å². The van der Waals surface area contributed by atoms with E-state index in [-0.39, 0.29) is 6.07 Å². The molecule has 1 unspecified atom stereocenters. The van der Waals surface area contributed by atoms with Gasteiger partial charge in [-0.25, -0.2) is 13.2 Å². The van der Waals surface area contributed by atoms with Gasteiger partial charge in [0.05, 0.1) is 5.56 Å². The number of alkyl halides is 3. The Morgan fingerprint density at radius 2 is 1.57 bits per heavy atom. The second-order valence-corrected chi connectivity index (χ2v) is 4.27. The third-order valence-electron chi connectivity index (χ3n) is 2.89. The van der Waals surface area contributed by atoms with Gasteiger partial charge in [0, 0.05) is 5.56 Å². The summed E-state index contributed by atoms with van der Waals surface area (Å²) in [6.45, 7) is 0. The van der Waals surface area contributed by atoms with Gasteiger partial charge >= 0.3 is 6.18 Å². The minimum Gasteiger partial charge on any atom is -0.384 e. The maximum Gasteiger partial charge on any atom is 0.416 e. The molecule has 0 saturated heterocycles. The summed E-state index contributed by atoms with van der Waals surface area (Å²) >= 11 is 0. The van der Waals surface area contributed by atoms with Crippen LogP contribution in [0.15, 0.2) is 36.4 Å². The molecule has 0 radical (unpaired) electrons. The maximum absolute atomic E-state index is 13.6. The standard InChI is InChI=1S/C14H8F6O/c15-7-4-5-8(10(6-7)14(18,19)20)13(21)9-2-1-3-11(16)12(9)17/h1-6,13,21H. The van der Waals surface area contributed by atoms with Crippen molar-refractivity contribution in [2.75, 3.05) is 0 Å². The summed E-state index contributed by atoms with van der Waals surface area (Å²) in [5, 5.41) is 9.90. The van der Waals surface area contributed by atoms with Crippen LogP contribution in [0.2, 0.25) is 0 Å². The molecular weight excluding hydrogens is 298 g/mol. The molecule has 0 aliphatic rings. The molecule has 0 aromatic heterocycles. The number of benzene rings is 2. The molecule has 0 spiro atoms. The molecule has 0 saturated carbocycles. The quantitative estimate of drug-likeness (QED) is 0.824. The monoisotopic (exact) mass is 306 g/mol. The van der Waals surface area contributed by atoms with Crippen LogP contribution in [0.5, 0.6) is 0 Å². The van der Waals surface area contributed by atoms with Crippen molar-refractivity contribution in [2.45, 2.75) is 12.3 Å². The number of rotatable bonds is 2. The van der Waals surface area contributed by atoms with Crippen LogP contribution in [0.25, 0.3) is 0 Å². The summed E-state index contributed by atoms with van der Waals surface area (Å²) < 4.78 is 78.1. The number of hydrogen-bond donors (Lipinski definition) is 1. The SMILES string of the molecule is OC(c1ccc(F)cc1C(F)(F)F)c1cccc(F)c1F. The molecule has 2 aromatic rings. The summed E-state index contributed by atoms with van der Waals surface area (Å²) in [4.78, 5) is 0. The van der Waals surface area contributed by atoms with Gasteiger partial charge in [0.15, 0.2) is 11.6 Å². The molecule has 0 aliphatic carbocycles. The van der Waals surface area contributed by atoms with Crippen molar-refractivity contribution in [3.63, 3.8) is 0 Å². The zero-order chi connectivity index (χ0) is 15.8. The van der Waals surface area contributed by atoms with E-state index in [1.54, 1.807) is 0 Å². The highest BCUT2D eigenvalue weighted by Crippen LogP contribution is 2.37. The third kappa shape index (κ3) is 3.02. The highest BCUT2D eigenvalue weighted by atomic mass is 19.4. The molecule has 0 amide bonds. The van der Waals surface area contributed by atoms with E-state index < -0.39 is 46.4 Å². The fraction of sp³-hybridized carbons (Fsp3) is 0.143. The lowest BCUT2D eigenvalue weighted by atomic mass is 9.96. The van der Waals surface area contributed by atoms with E-state index in [1.165, 1.54) is 0 Å². The Morgan fingerprint density at radius 1 is 0.905 bits per heavy atom. The number of aliphatic hydroxyl groups is 1. The van der Waals surface area contributed by atoms with Crippen LogP contribution >= 0.6 is 0 Å². The number of hydrogen-bond acceptors (Lipinski definition) is 1. The Kier molecular flexibility index (Phi) is 3.95. The number of halogens is 6. The van der Waals surface area contributed by atoms with Crippen LogP contribution in [0, 0.1) is 17.5 Å². The third-order valence-corrected chi connectivity index (χ3v) is 2.89. The second kappa shape index (κ2) is 5.40. The summed E-state index contributed by atoms with van der Waals surface area (Å²) in [6, 6.07) is 4.34. The van der Waals surface area contributed by atoms with Crippen molar-refractivity contribution in [2.24, 2.45) is 0 Å². The summed E-state index contributed by atoms with van der Waals surface area (Å²) in [6.07, 6.45) is -7.01. The van der Waals surface area contributed by atoms with Gasteiger partial charge in [-0.05, 0) is 23.8 Å². The Labute approximate surface area is 115 Å². The molecule has 0 fully saturated rings. The molecule has 1 atom stereocenters. The van der Waals surface area contributed by atoms with Gasteiger partial charge in [-0.15, -0.1) is 0 Å². The van der Waals surface area contributed by atoms with E-state index >= 15 is 0 Å². The first-order valence-corrected chi connectivity index (χ1v) is 5.70. The van der Waals surface area contributed by atoms with Gasteiger partial charge < -0.3 is 5.11 Å². The smallest absolute Gasteiger partial charge is 0.384 e. The molecule has 2 aromatic carbocycles. The van der Waals surface area contributed by atoms with Gasteiger partial charge in [-0.1, -0.05) is 18.2 Å². The van der Waals surface area contributed by atoms with E-state index in [4.69, 9.17) is 0 Å². The highest BCUT2D eigenvalue weighted by molar-refractivity contribution is 5.38. The lowest BCUT2D eigenvalue weighted by Crippen LogP contribution is -2.14. The van der Waals surface area contributed by atoms with Crippen molar-refractivity contribution < 1.29 is 31.4 Å². The van der Waals surface area contributed by atoms with Crippen LogP contribution in [-0.4, -0.2) is 5.11 Å². The van der Waals surface area contributed by atoms with Gasteiger partial charge in [-0.3, -0.25) is 0 Å². The normalized spacial score (nSPS) is 13.3. The molecule has 0 aliphatic heterocycles. The zero-order valence-electron chi connectivity index (χ0n) is 10.3. The lowest BCUT2D eigenvalue weighted by Gasteiger charge is -2.18. The van der Waals surface area contributed by atoms with Crippen molar-refractivity contribution in [1.82, 2.24) is 0 Å². The van der Waals surface area contributed by atoms with Gasteiger partial charge in [0.25, 0.3) is 0 Å². The van der Waals surface area contributed by atoms with Crippen LogP contribution in [-0.2, 0) is 6.18 Å². The summed E-state index contributed by atoms with van der Waals surface area (Å²) in [5.41, 5.74) is -2.86. The first-order valence-electron chi connectivity index (χ1n) is 5.70. The predicted molar refractivity (Wildman–Crippen MR) is 61.8 cm³/mol. The Bertz CT molecular complexity index is 665. The lowest BCUT2D eigenvalue weighted by molar-refractivity contribution is -0.139. The summed E-state index contributed by atoms with van der Waals surface area (Å²) in [5.74, 6) is -3.91. The molecule has 0 heterocycles. The fourth-order valence-electron chi connectivity index (χ4n) is 1.91. The average Bonchev–Trinajstić information content (AvgIpc) is 2.40. The number of aliphatic hydroxyl groups excluding tert-OH is 1. The fourth-order valence-corrected chi connectivity index (χ4v) is 1.91. The molecular formula is C14H8F6O. The van der Waals surface area contributed by atoms with E-state index in [2.05, 4.69) is 0 Å². The minimum atomic E-state index is -4.94. The van der Waals surface area contributed by atoms with Crippen LogP contribution < -0.4 is 0 Å². The van der Waals surface area contributed by atoms with Crippen LogP contribution in [0.4, 0.5) is 26.3 Å². The average molecular weight is 306 g/mol. The summed E-state index contributed by atoms with van der Waals surface area (Å²) in [7, 11) is 0. The minimum absolute atomic E-state index is 0.190. The first kappa shape index (κ1) is 15.4.